The van der Waals surface area contributed by atoms with E-state index in [1.807, 2.05) is 35.9 Å². The summed E-state index contributed by atoms with van der Waals surface area (Å²) in [5.41, 5.74) is 3.74. The Hall–Kier alpha value is -3.68. The second-order valence-electron chi connectivity index (χ2n) is 6.17. The fourth-order valence-corrected chi connectivity index (χ4v) is 3.12. The molecule has 0 bridgehead atoms. The van der Waals surface area contributed by atoms with E-state index in [1.54, 1.807) is 24.4 Å². The molecule has 1 aromatic carbocycles. The minimum atomic E-state index is -0.427. The van der Waals surface area contributed by atoms with Gasteiger partial charge in [-0.1, -0.05) is 18.2 Å². The van der Waals surface area contributed by atoms with Crippen molar-refractivity contribution in [2.24, 2.45) is 7.05 Å². The van der Waals surface area contributed by atoms with Gasteiger partial charge >= 0.3 is 6.03 Å². The molecule has 3 heterocycles. The van der Waals surface area contributed by atoms with Gasteiger partial charge in [0.05, 0.1) is 17.0 Å². The van der Waals surface area contributed by atoms with Crippen LogP contribution in [0.4, 0.5) is 16.4 Å². The van der Waals surface area contributed by atoms with Crippen LogP contribution in [0.3, 0.4) is 0 Å². The molecule has 0 saturated heterocycles. The summed E-state index contributed by atoms with van der Waals surface area (Å²) in [4.78, 5) is 32.7. The van der Waals surface area contributed by atoms with Gasteiger partial charge in [0.1, 0.15) is 0 Å². The van der Waals surface area contributed by atoms with E-state index in [1.165, 1.54) is 0 Å². The van der Waals surface area contributed by atoms with Crippen LogP contribution in [0.25, 0.3) is 11.4 Å². The maximum absolute atomic E-state index is 12.1. The molecule has 8 heteroatoms. The summed E-state index contributed by atoms with van der Waals surface area (Å²) in [5.74, 6) is 0.109. The molecular weight excluding hydrogens is 344 g/mol. The zero-order valence-corrected chi connectivity index (χ0v) is 14.7. The monoisotopic (exact) mass is 362 g/mol. The third-order valence-corrected chi connectivity index (χ3v) is 4.43. The van der Waals surface area contributed by atoms with E-state index in [4.69, 9.17) is 0 Å². The number of carbonyl (C=O) groups excluding carboxylic acids is 2. The van der Waals surface area contributed by atoms with Gasteiger partial charge < -0.3 is 15.2 Å². The predicted molar refractivity (Wildman–Crippen MR) is 102 cm³/mol. The van der Waals surface area contributed by atoms with Crippen LogP contribution in [0, 0.1) is 0 Å². The number of aromatic nitrogens is 3. The number of hydrogen-bond donors (Lipinski definition) is 3. The highest BCUT2D eigenvalue weighted by molar-refractivity contribution is 5.99. The second kappa shape index (κ2) is 6.91. The average Bonchev–Trinajstić information content (AvgIpc) is 3.01. The Balaban J connectivity index is 1.56. The molecule has 0 aliphatic carbocycles. The van der Waals surface area contributed by atoms with Crippen molar-refractivity contribution in [3.05, 3.63) is 59.9 Å². The van der Waals surface area contributed by atoms with E-state index >= 15 is 0 Å². The fraction of sp³-hybridized carbons (Fsp3) is 0.158. The van der Waals surface area contributed by atoms with Crippen molar-refractivity contribution >= 4 is 23.6 Å². The molecule has 0 atom stereocenters. The Kier molecular flexibility index (Phi) is 4.29. The highest BCUT2D eigenvalue weighted by atomic mass is 16.2. The lowest BCUT2D eigenvalue weighted by molar-refractivity contribution is 0.0945. The van der Waals surface area contributed by atoms with E-state index < -0.39 is 6.03 Å². The molecule has 4 rings (SSSR count). The molecule has 3 N–H and O–H groups in total. The number of carbonyl (C=O) groups is 2. The van der Waals surface area contributed by atoms with Crippen molar-refractivity contribution in [1.82, 2.24) is 19.9 Å². The zero-order chi connectivity index (χ0) is 18.8. The molecule has 8 nitrogen and oxygen atoms in total. The van der Waals surface area contributed by atoms with Gasteiger partial charge in [-0.3, -0.25) is 10.1 Å². The molecule has 136 valence electrons. The standard InChI is InChI=1S/C19H18N6O2/c1-25-15-8-10-20-17(26)13(15)11-16(25)14-7-9-21-18(23-14)24-19(27)22-12-5-3-2-4-6-12/h2-7,9,11H,8,10H2,1H3,(H,20,26)(H2,21,22,23,24,27). The van der Waals surface area contributed by atoms with Crippen LogP contribution in [0.2, 0.25) is 0 Å². The van der Waals surface area contributed by atoms with Crippen molar-refractivity contribution in [3.8, 4) is 11.4 Å². The van der Waals surface area contributed by atoms with Gasteiger partial charge in [-0.2, -0.15) is 0 Å². The quantitative estimate of drug-likeness (QED) is 0.666. The van der Waals surface area contributed by atoms with Crippen LogP contribution < -0.4 is 16.0 Å². The second-order valence-corrected chi connectivity index (χ2v) is 6.17. The summed E-state index contributed by atoms with van der Waals surface area (Å²) < 4.78 is 1.96. The third kappa shape index (κ3) is 3.37. The van der Waals surface area contributed by atoms with Crippen LogP contribution >= 0.6 is 0 Å². The number of benzene rings is 1. The molecule has 0 saturated carbocycles. The number of amides is 3. The highest BCUT2D eigenvalue weighted by Crippen LogP contribution is 2.26. The number of nitrogens with one attached hydrogen (secondary N) is 3. The van der Waals surface area contributed by atoms with Gasteiger partial charge in [-0.05, 0) is 24.3 Å². The lowest BCUT2D eigenvalue weighted by Crippen LogP contribution is -2.31. The number of urea groups is 1. The Morgan fingerprint density at radius 1 is 1.19 bits per heavy atom. The molecule has 1 aliphatic rings. The highest BCUT2D eigenvalue weighted by Gasteiger charge is 2.23. The van der Waals surface area contributed by atoms with E-state index in [0.717, 1.165) is 17.8 Å². The van der Waals surface area contributed by atoms with E-state index in [2.05, 4.69) is 25.9 Å². The molecule has 3 aromatic rings. The van der Waals surface area contributed by atoms with Gasteiger partial charge in [0.15, 0.2) is 0 Å². The smallest absolute Gasteiger partial charge is 0.326 e. The molecule has 0 radical (unpaired) electrons. The molecule has 0 unspecified atom stereocenters. The Labute approximate surface area is 155 Å². The first-order valence-electron chi connectivity index (χ1n) is 8.55. The van der Waals surface area contributed by atoms with Crippen molar-refractivity contribution in [2.45, 2.75) is 6.42 Å². The van der Waals surface area contributed by atoms with Crippen LogP contribution in [0.15, 0.2) is 48.7 Å². The summed E-state index contributed by atoms with van der Waals surface area (Å²) in [6.07, 6.45) is 2.35. The number of rotatable bonds is 3. The van der Waals surface area contributed by atoms with Crippen LogP contribution in [0.5, 0.6) is 0 Å². The molecule has 1 aliphatic heterocycles. The zero-order valence-electron chi connectivity index (χ0n) is 14.7. The van der Waals surface area contributed by atoms with Gasteiger partial charge in [0.2, 0.25) is 5.95 Å². The summed E-state index contributed by atoms with van der Waals surface area (Å²) in [7, 11) is 1.91. The van der Waals surface area contributed by atoms with Gasteiger partial charge in [-0.15, -0.1) is 0 Å². The van der Waals surface area contributed by atoms with Crippen molar-refractivity contribution in [3.63, 3.8) is 0 Å². The van der Waals surface area contributed by atoms with Gasteiger partial charge in [0.25, 0.3) is 5.91 Å². The minimum absolute atomic E-state index is 0.0762. The number of nitrogens with zero attached hydrogens (tertiary/aromatic N) is 3. The van der Waals surface area contributed by atoms with Gasteiger partial charge in [-0.25, -0.2) is 14.8 Å². The Morgan fingerprint density at radius 2 is 2.00 bits per heavy atom. The minimum Gasteiger partial charge on any atom is -0.352 e. The predicted octanol–water partition coefficient (Wildman–Crippen LogP) is 2.41. The summed E-state index contributed by atoms with van der Waals surface area (Å²) >= 11 is 0. The van der Waals surface area contributed by atoms with Crippen LogP contribution in [0.1, 0.15) is 16.1 Å². The first-order chi connectivity index (χ1) is 13.1. The Morgan fingerprint density at radius 3 is 2.78 bits per heavy atom. The molecule has 0 fully saturated rings. The first-order valence-corrected chi connectivity index (χ1v) is 8.55. The lowest BCUT2D eigenvalue weighted by Gasteiger charge is -2.14. The average molecular weight is 362 g/mol. The first kappa shape index (κ1) is 16.8. The molecule has 0 spiro atoms. The fourth-order valence-electron chi connectivity index (χ4n) is 3.12. The van der Waals surface area contributed by atoms with Crippen molar-refractivity contribution in [1.29, 1.82) is 0 Å². The molecule has 2 aromatic heterocycles. The topological polar surface area (TPSA) is 101 Å². The lowest BCUT2D eigenvalue weighted by atomic mass is 10.1. The van der Waals surface area contributed by atoms with Crippen molar-refractivity contribution < 1.29 is 9.59 Å². The maximum Gasteiger partial charge on any atom is 0.326 e. The SMILES string of the molecule is Cn1c(-c2ccnc(NC(=O)Nc3ccccc3)n2)cc2c1CCNC2=O. The summed E-state index contributed by atoms with van der Waals surface area (Å²) in [6.45, 7) is 0.624. The number of anilines is 2. The number of fused-ring (bicyclic) bond motifs is 1. The normalized spacial score (nSPS) is 12.9. The van der Waals surface area contributed by atoms with E-state index in [0.29, 0.717) is 23.5 Å². The molecular formula is C19H18N6O2. The summed E-state index contributed by atoms with van der Waals surface area (Å²) in [6, 6.07) is 12.3. The summed E-state index contributed by atoms with van der Waals surface area (Å²) in [5, 5.41) is 8.19. The maximum atomic E-state index is 12.1. The van der Waals surface area contributed by atoms with E-state index in [-0.39, 0.29) is 11.9 Å². The Bertz CT molecular complexity index is 1010. The third-order valence-electron chi connectivity index (χ3n) is 4.43. The molecule has 3 amide bonds. The molecule has 27 heavy (non-hydrogen) atoms. The van der Waals surface area contributed by atoms with Crippen LogP contribution in [-0.4, -0.2) is 33.0 Å². The van der Waals surface area contributed by atoms with Crippen LogP contribution in [-0.2, 0) is 13.5 Å². The number of hydrogen-bond acceptors (Lipinski definition) is 4. The van der Waals surface area contributed by atoms with E-state index in [9.17, 15) is 9.59 Å². The largest absolute Gasteiger partial charge is 0.352 e. The van der Waals surface area contributed by atoms with Gasteiger partial charge in [0, 0.05) is 37.6 Å². The van der Waals surface area contributed by atoms with Crippen molar-refractivity contribution in [2.75, 3.05) is 17.2 Å². The number of para-hydroxylation sites is 1.